The summed E-state index contributed by atoms with van der Waals surface area (Å²) in [6, 6.07) is 10.3. The molecule has 3 aromatic rings. The number of aromatic nitrogens is 2. The van der Waals surface area contributed by atoms with Crippen LogP contribution in [0.25, 0.3) is 4.96 Å². The molecular formula is C16H19N5O2S. The van der Waals surface area contributed by atoms with Crippen LogP contribution in [0.4, 0.5) is 11.6 Å². The molecule has 0 spiro atoms. The third-order valence-electron chi connectivity index (χ3n) is 3.71. The Morgan fingerprint density at radius 3 is 2.92 bits per heavy atom. The summed E-state index contributed by atoms with van der Waals surface area (Å²) in [6.45, 7) is 2.43. The molecule has 0 amide bonds. The van der Waals surface area contributed by atoms with Crippen molar-refractivity contribution in [2.24, 2.45) is 0 Å². The molecule has 0 unspecified atom stereocenters. The molecule has 0 bridgehead atoms. The number of rotatable bonds is 8. The second kappa shape index (κ2) is 7.41. The molecule has 126 valence electrons. The summed E-state index contributed by atoms with van der Waals surface area (Å²) in [6.07, 6.45) is 2.55. The number of anilines is 1. The molecule has 0 aliphatic carbocycles. The predicted molar refractivity (Wildman–Crippen MR) is 95.6 cm³/mol. The maximum atomic E-state index is 11.2. The summed E-state index contributed by atoms with van der Waals surface area (Å²) in [7, 11) is 2.07. The van der Waals surface area contributed by atoms with Gasteiger partial charge in [0.2, 0.25) is 5.82 Å². The summed E-state index contributed by atoms with van der Waals surface area (Å²) in [5, 5.41) is 16.1. The first-order chi connectivity index (χ1) is 11.6. The molecule has 0 saturated heterocycles. The topological polar surface area (TPSA) is 75.7 Å². The number of imidazole rings is 1. The van der Waals surface area contributed by atoms with Crippen LogP contribution >= 0.6 is 11.3 Å². The Labute approximate surface area is 143 Å². The van der Waals surface area contributed by atoms with Gasteiger partial charge in [0.15, 0.2) is 0 Å². The third kappa shape index (κ3) is 3.72. The number of nitro groups is 1. The van der Waals surface area contributed by atoms with E-state index in [1.54, 1.807) is 11.6 Å². The number of nitrogens with one attached hydrogen (secondary N) is 1. The lowest BCUT2D eigenvalue weighted by Crippen LogP contribution is -2.21. The van der Waals surface area contributed by atoms with Gasteiger partial charge in [-0.05, 0) is 30.5 Å². The Bertz CT molecular complexity index is 814. The van der Waals surface area contributed by atoms with E-state index >= 15 is 0 Å². The van der Waals surface area contributed by atoms with Gasteiger partial charge in [-0.25, -0.2) is 0 Å². The van der Waals surface area contributed by atoms with Crippen LogP contribution in [0.3, 0.4) is 0 Å². The van der Waals surface area contributed by atoms with E-state index in [2.05, 4.69) is 34.4 Å². The minimum atomic E-state index is -0.392. The summed E-state index contributed by atoms with van der Waals surface area (Å²) in [4.78, 5) is 18.0. The first kappa shape index (κ1) is 16.4. The fourth-order valence-corrected chi connectivity index (χ4v) is 3.31. The normalized spacial score (nSPS) is 11.2. The Kier molecular flexibility index (Phi) is 5.07. The molecule has 0 saturated carbocycles. The van der Waals surface area contributed by atoms with Crippen LogP contribution < -0.4 is 5.32 Å². The molecule has 2 heterocycles. The smallest absolute Gasteiger partial charge is 0.363 e. The monoisotopic (exact) mass is 345 g/mol. The fraction of sp³-hybridized carbons (Fsp3) is 0.312. The molecule has 2 aromatic heterocycles. The molecule has 0 aliphatic heterocycles. The van der Waals surface area contributed by atoms with E-state index in [9.17, 15) is 10.1 Å². The molecule has 0 aliphatic rings. The molecular weight excluding hydrogens is 326 g/mol. The van der Waals surface area contributed by atoms with Gasteiger partial charge in [0.25, 0.3) is 4.96 Å². The van der Waals surface area contributed by atoms with Crippen molar-refractivity contribution < 1.29 is 4.92 Å². The zero-order valence-corrected chi connectivity index (χ0v) is 14.2. The summed E-state index contributed by atoms with van der Waals surface area (Å²) >= 11 is 1.38. The van der Waals surface area contributed by atoms with Gasteiger partial charge in [0.1, 0.15) is 6.20 Å². The Hall–Kier alpha value is -2.45. The zero-order chi connectivity index (χ0) is 16.9. The Morgan fingerprint density at radius 1 is 1.38 bits per heavy atom. The van der Waals surface area contributed by atoms with Gasteiger partial charge in [-0.2, -0.15) is 9.38 Å². The molecule has 0 fully saturated rings. The highest BCUT2D eigenvalue weighted by molar-refractivity contribution is 7.15. The SMILES string of the molecule is CN(CCCNc1nc2sccn2c1[N+](=O)[O-])Cc1ccccc1. The van der Waals surface area contributed by atoms with E-state index < -0.39 is 4.92 Å². The maximum Gasteiger partial charge on any atom is 0.372 e. The quantitative estimate of drug-likeness (QED) is 0.385. The molecule has 1 aromatic carbocycles. The second-order valence-electron chi connectivity index (χ2n) is 5.60. The zero-order valence-electron chi connectivity index (χ0n) is 13.4. The lowest BCUT2D eigenvalue weighted by molar-refractivity contribution is -0.389. The van der Waals surface area contributed by atoms with Crippen molar-refractivity contribution in [1.29, 1.82) is 0 Å². The van der Waals surface area contributed by atoms with Crippen LogP contribution in [0, 0.1) is 10.1 Å². The predicted octanol–water partition coefficient (Wildman–Crippen LogP) is 3.24. The van der Waals surface area contributed by atoms with E-state index in [0.29, 0.717) is 17.3 Å². The number of hydrogen-bond acceptors (Lipinski definition) is 6. The first-order valence-corrected chi connectivity index (χ1v) is 8.59. The van der Waals surface area contributed by atoms with Crippen LogP contribution in [0.15, 0.2) is 41.9 Å². The number of benzene rings is 1. The van der Waals surface area contributed by atoms with Crippen LogP contribution in [-0.2, 0) is 6.54 Å². The molecule has 0 atom stereocenters. The van der Waals surface area contributed by atoms with Gasteiger partial charge in [-0.1, -0.05) is 41.7 Å². The van der Waals surface area contributed by atoms with E-state index in [1.807, 2.05) is 18.2 Å². The van der Waals surface area contributed by atoms with Crippen molar-refractivity contribution in [3.8, 4) is 0 Å². The third-order valence-corrected chi connectivity index (χ3v) is 4.47. The van der Waals surface area contributed by atoms with E-state index in [-0.39, 0.29) is 5.82 Å². The standard InChI is InChI=1S/C16H19N5O2S/c1-19(12-13-6-3-2-4-7-13)9-5-8-17-14-15(21(22)23)20-10-11-24-16(20)18-14/h2-4,6-7,10-11,17H,5,8-9,12H2,1H3. The average Bonchev–Trinajstić information content (AvgIpc) is 3.12. The average molecular weight is 345 g/mol. The number of thiazole rings is 1. The minimum absolute atomic E-state index is 0.00360. The lowest BCUT2D eigenvalue weighted by Gasteiger charge is -2.16. The highest BCUT2D eigenvalue weighted by Crippen LogP contribution is 2.27. The van der Waals surface area contributed by atoms with Crippen LogP contribution in [0.2, 0.25) is 0 Å². The van der Waals surface area contributed by atoms with Crippen molar-refractivity contribution in [2.75, 3.05) is 25.5 Å². The largest absolute Gasteiger partial charge is 0.372 e. The first-order valence-electron chi connectivity index (χ1n) is 7.71. The highest BCUT2D eigenvalue weighted by atomic mass is 32.1. The number of fused-ring (bicyclic) bond motifs is 1. The second-order valence-corrected chi connectivity index (χ2v) is 6.47. The molecule has 24 heavy (non-hydrogen) atoms. The van der Waals surface area contributed by atoms with Crippen molar-refractivity contribution >= 4 is 27.9 Å². The van der Waals surface area contributed by atoms with Gasteiger partial charge in [-0.3, -0.25) is 0 Å². The van der Waals surface area contributed by atoms with E-state index in [0.717, 1.165) is 19.5 Å². The summed E-state index contributed by atoms with van der Waals surface area (Å²) in [5.41, 5.74) is 1.28. The highest BCUT2D eigenvalue weighted by Gasteiger charge is 2.22. The van der Waals surface area contributed by atoms with Crippen molar-refractivity contribution in [1.82, 2.24) is 14.3 Å². The Morgan fingerprint density at radius 2 is 2.17 bits per heavy atom. The van der Waals surface area contributed by atoms with Crippen LogP contribution in [-0.4, -0.2) is 39.3 Å². The maximum absolute atomic E-state index is 11.2. The van der Waals surface area contributed by atoms with Crippen molar-refractivity contribution in [3.63, 3.8) is 0 Å². The Balaban J connectivity index is 1.51. The molecule has 7 nitrogen and oxygen atoms in total. The molecule has 0 radical (unpaired) electrons. The molecule has 1 N–H and O–H groups in total. The van der Waals surface area contributed by atoms with Gasteiger partial charge >= 0.3 is 5.82 Å². The van der Waals surface area contributed by atoms with Crippen molar-refractivity contribution in [3.05, 3.63) is 57.6 Å². The van der Waals surface area contributed by atoms with Gasteiger partial charge in [0, 0.05) is 18.5 Å². The molecule has 3 rings (SSSR count). The summed E-state index contributed by atoms with van der Waals surface area (Å²) < 4.78 is 1.51. The van der Waals surface area contributed by atoms with E-state index in [1.165, 1.54) is 21.3 Å². The van der Waals surface area contributed by atoms with Crippen LogP contribution in [0.5, 0.6) is 0 Å². The van der Waals surface area contributed by atoms with Gasteiger partial charge < -0.3 is 20.3 Å². The summed E-state index contributed by atoms with van der Waals surface area (Å²) in [5.74, 6) is 0.349. The number of nitrogens with zero attached hydrogens (tertiary/aromatic N) is 4. The number of hydrogen-bond donors (Lipinski definition) is 1. The van der Waals surface area contributed by atoms with Crippen molar-refractivity contribution in [2.45, 2.75) is 13.0 Å². The molecule has 8 heteroatoms. The lowest BCUT2D eigenvalue weighted by atomic mass is 10.2. The van der Waals surface area contributed by atoms with Gasteiger partial charge in [-0.15, -0.1) is 0 Å². The minimum Gasteiger partial charge on any atom is -0.363 e. The fourth-order valence-electron chi connectivity index (χ4n) is 2.60. The van der Waals surface area contributed by atoms with Crippen LogP contribution in [0.1, 0.15) is 12.0 Å². The van der Waals surface area contributed by atoms with E-state index in [4.69, 9.17) is 0 Å². The van der Waals surface area contributed by atoms with Gasteiger partial charge in [0.05, 0.1) is 0 Å².